The van der Waals surface area contributed by atoms with Crippen molar-refractivity contribution in [1.29, 1.82) is 0 Å². The smallest absolute Gasteiger partial charge is 0.251 e. The van der Waals surface area contributed by atoms with Gasteiger partial charge in [-0.1, -0.05) is 6.92 Å². The average Bonchev–Trinajstić information content (AvgIpc) is 2.46. The zero-order valence-electron chi connectivity index (χ0n) is 14.0. The van der Waals surface area contributed by atoms with E-state index in [2.05, 4.69) is 10.6 Å². The Balaban J connectivity index is 4.36. The fraction of sp³-hybridized carbons (Fsp3) is 0.857. The first-order valence-corrected chi connectivity index (χ1v) is 7.41. The Morgan fingerprint density at radius 1 is 1.00 bits per heavy atom. The molecule has 8 N–H and O–H groups in total. The molecule has 0 fully saturated rings. The van der Waals surface area contributed by atoms with Crippen molar-refractivity contribution in [2.24, 2.45) is 11.7 Å². The predicted molar refractivity (Wildman–Crippen MR) is 83.2 cm³/mol. The zero-order valence-corrected chi connectivity index (χ0v) is 14.0. The van der Waals surface area contributed by atoms with Gasteiger partial charge >= 0.3 is 0 Å². The molecule has 5 atom stereocenters. The van der Waals surface area contributed by atoms with Crippen molar-refractivity contribution in [1.82, 2.24) is 10.6 Å². The van der Waals surface area contributed by atoms with Crippen molar-refractivity contribution < 1.29 is 30.0 Å². The summed E-state index contributed by atoms with van der Waals surface area (Å²) in [5.41, 5.74) is 4.70. The van der Waals surface area contributed by atoms with Crippen LogP contribution in [-0.2, 0) is 9.59 Å². The number of nitrogens with two attached hydrogens (primary N) is 1. The van der Waals surface area contributed by atoms with Gasteiger partial charge in [-0.3, -0.25) is 9.59 Å². The number of amides is 2. The Labute approximate surface area is 135 Å². The van der Waals surface area contributed by atoms with Crippen molar-refractivity contribution >= 4 is 11.8 Å². The summed E-state index contributed by atoms with van der Waals surface area (Å²) in [4.78, 5) is 22.5. The molecule has 0 spiro atoms. The van der Waals surface area contributed by atoms with E-state index in [-0.39, 0.29) is 18.0 Å². The number of hydrogen-bond donors (Lipinski definition) is 7. The lowest BCUT2D eigenvalue weighted by Gasteiger charge is -2.26. The molecule has 0 saturated heterocycles. The Hall–Kier alpha value is -1.26. The lowest BCUT2D eigenvalue weighted by atomic mass is 10.0. The second kappa shape index (κ2) is 9.14. The highest BCUT2D eigenvalue weighted by Gasteiger charge is 2.36. The number of aliphatic hydroxyl groups excluding tert-OH is 4. The van der Waals surface area contributed by atoms with Crippen molar-refractivity contribution in [3.63, 3.8) is 0 Å². The summed E-state index contributed by atoms with van der Waals surface area (Å²) in [6.45, 7) is 8.76. The maximum Gasteiger partial charge on any atom is 0.251 e. The second-order valence-corrected chi connectivity index (χ2v) is 6.75. The summed E-state index contributed by atoms with van der Waals surface area (Å²) >= 11 is 0. The predicted octanol–water partition coefficient (Wildman–Crippen LogP) is -2.94. The summed E-state index contributed by atoms with van der Waals surface area (Å²) in [5.74, 6) is -2.13. The van der Waals surface area contributed by atoms with Crippen LogP contribution in [0.15, 0.2) is 0 Å². The summed E-state index contributed by atoms with van der Waals surface area (Å²) in [6, 6.07) is 0. The number of aliphatic hydroxyl groups is 4. The van der Waals surface area contributed by atoms with Gasteiger partial charge in [-0.15, -0.1) is 0 Å². The van der Waals surface area contributed by atoms with Gasteiger partial charge in [0.05, 0.1) is 0 Å². The molecule has 0 aliphatic rings. The van der Waals surface area contributed by atoms with Crippen molar-refractivity contribution in [3.8, 4) is 0 Å². The van der Waals surface area contributed by atoms with E-state index in [0.717, 1.165) is 0 Å². The largest absolute Gasteiger partial charge is 0.387 e. The summed E-state index contributed by atoms with van der Waals surface area (Å²) in [5, 5.41) is 43.6. The van der Waals surface area contributed by atoms with E-state index in [9.17, 15) is 30.0 Å². The van der Waals surface area contributed by atoms with Crippen molar-refractivity contribution in [2.75, 3.05) is 13.1 Å². The molecule has 136 valence electrons. The van der Waals surface area contributed by atoms with Gasteiger partial charge < -0.3 is 36.8 Å². The molecule has 0 rings (SSSR count). The van der Waals surface area contributed by atoms with E-state index in [1.165, 1.54) is 0 Å². The summed E-state index contributed by atoms with van der Waals surface area (Å²) < 4.78 is 0. The number of carbonyl (C=O) groups is 2. The molecule has 0 radical (unpaired) electrons. The highest BCUT2D eigenvalue weighted by molar-refractivity contribution is 5.82. The van der Waals surface area contributed by atoms with E-state index in [0.29, 0.717) is 6.54 Å². The van der Waals surface area contributed by atoms with Crippen LogP contribution in [0.5, 0.6) is 0 Å². The normalized spacial score (nSPS) is 18.6. The first-order chi connectivity index (χ1) is 10.4. The molecule has 23 heavy (non-hydrogen) atoms. The summed E-state index contributed by atoms with van der Waals surface area (Å²) in [7, 11) is 0. The van der Waals surface area contributed by atoms with Crippen LogP contribution in [0.3, 0.4) is 0 Å². The molecule has 9 nitrogen and oxygen atoms in total. The molecule has 0 saturated carbocycles. The van der Waals surface area contributed by atoms with Crippen LogP contribution in [-0.4, -0.2) is 75.3 Å². The van der Waals surface area contributed by atoms with Crippen LogP contribution >= 0.6 is 0 Å². The first kappa shape index (κ1) is 21.7. The molecule has 0 aromatic carbocycles. The lowest BCUT2D eigenvalue weighted by molar-refractivity contribution is -0.154. The van der Waals surface area contributed by atoms with Crippen LogP contribution in [0, 0.1) is 5.92 Å². The molecule has 0 aliphatic heterocycles. The van der Waals surface area contributed by atoms with Gasteiger partial charge in [-0.25, -0.2) is 0 Å². The number of hydrogen-bond acceptors (Lipinski definition) is 7. The minimum atomic E-state index is -2.08. The van der Waals surface area contributed by atoms with Gasteiger partial charge in [0.2, 0.25) is 5.91 Å². The number of rotatable bonds is 9. The molecular formula is C14H29N3O6. The molecule has 0 heterocycles. The molecule has 0 aromatic heterocycles. The zero-order chi connectivity index (χ0) is 18.4. The third-order valence-electron chi connectivity index (χ3n) is 3.16. The molecular weight excluding hydrogens is 306 g/mol. The maximum absolute atomic E-state index is 11.7. The van der Waals surface area contributed by atoms with E-state index in [1.807, 2.05) is 27.7 Å². The third-order valence-corrected chi connectivity index (χ3v) is 3.16. The van der Waals surface area contributed by atoms with Gasteiger partial charge in [0.15, 0.2) is 12.2 Å². The van der Waals surface area contributed by atoms with Crippen LogP contribution in [0.25, 0.3) is 0 Å². The minimum absolute atomic E-state index is 0.0589. The number of carbonyl (C=O) groups excluding carboxylic acids is 2. The molecule has 2 amide bonds. The molecule has 0 aromatic rings. The number of primary amides is 1. The Bertz CT molecular complexity index is 398. The SMILES string of the molecule is CC(CNC(=O)[C@@H](O)[C@H](O)[C@H](O)[C@@H](O)C(N)=O)CNC(C)(C)C. The Morgan fingerprint density at radius 3 is 1.91 bits per heavy atom. The monoisotopic (exact) mass is 335 g/mol. The quantitative estimate of drug-likeness (QED) is 0.237. The van der Waals surface area contributed by atoms with Crippen molar-refractivity contribution in [3.05, 3.63) is 0 Å². The van der Waals surface area contributed by atoms with E-state index in [4.69, 9.17) is 5.73 Å². The minimum Gasteiger partial charge on any atom is -0.387 e. The second-order valence-electron chi connectivity index (χ2n) is 6.75. The molecule has 1 unspecified atom stereocenters. The topological polar surface area (TPSA) is 165 Å². The standard InChI is InChI=1S/C14H29N3O6/c1-7(6-17-14(2,3)4)5-16-13(23)11(21)9(19)8(18)10(20)12(15)22/h7-11,17-21H,5-6H2,1-4H3,(H2,15,22)(H,16,23)/t7?,8-,9+,10+,11-/m0/s1. The molecule has 0 aliphatic carbocycles. The van der Waals surface area contributed by atoms with Crippen LogP contribution in [0.1, 0.15) is 27.7 Å². The van der Waals surface area contributed by atoms with Crippen LogP contribution < -0.4 is 16.4 Å². The number of nitrogens with one attached hydrogen (secondary N) is 2. The fourth-order valence-electron chi connectivity index (χ4n) is 1.63. The van der Waals surface area contributed by atoms with E-state index >= 15 is 0 Å². The van der Waals surface area contributed by atoms with Crippen LogP contribution in [0.2, 0.25) is 0 Å². The summed E-state index contributed by atoms with van der Waals surface area (Å²) in [6.07, 6.45) is -8.18. The fourth-order valence-corrected chi connectivity index (χ4v) is 1.63. The van der Waals surface area contributed by atoms with E-state index < -0.39 is 36.2 Å². The maximum atomic E-state index is 11.7. The molecule has 0 bridgehead atoms. The van der Waals surface area contributed by atoms with Gasteiger partial charge in [-0.05, 0) is 33.2 Å². The highest BCUT2D eigenvalue weighted by Crippen LogP contribution is 2.06. The highest BCUT2D eigenvalue weighted by atomic mass is 16.4. The van der Waals surface area contributed by atoms with Gasteiger partial charge in [-0.2, -0.15) is 0 Å². The average molecular weight is 335 g/mol. The lowest BCUT2D eigenvalue weighted by Crippen LogP contribution is -2.54. The molecule has 9 heteroatoms. The first-order valence-electron chi connectivity index (χ1n) is 7.41. The Morgan fingerprint density at radius 2 is 1.48 bits per heavy atom. The van der Waals surface area contributed by atoms with Gasteiger partial charge in [0.25, 0.3) is 5.91 Å². The van der Waals surface area contributed by atoms with Crippen molar-refractivity contribution in [2.45, 2.75) is 57.6 Å². The van der Waals surface area contributed by atoms with Gasteiger partial charge in [0.1, 0.15) is 12.2 Å². The van der Waals surface area contributed by atoms with Gasteiger partial charge in [0, 0.05) is 12.1 Å². The third kappa shape index (κ3) is 8.24. The Kier molecular flexibility index (Phi) is 8.64. The van der Waals surface area contributed by atoms with E-state index in [1.54, 1.807) is 0 Å². The van der Waals surface area contributed by atoms with Crippen LogP contribution in [0.4, 0.5) is 0 Å².